The quantitative estimate of drug-likeness (QED) is 0.590. The Morgan fingerprint density at radius 3 is 2.00 bits per heavy atom. The summed E-state index contributed by atoms with van der Waals surface area (Å²) in [5.74, 6) is 0.221. The Morgan fingerprint density at radius 1 is 0.913 bits per heavy atom. The average Bonchev–Trinajstić information content (AvgIpc) is 2.53. The smallest absolute Gasteiger partial charge is 0.183 e. The zero-order valence-electron chi connectivity index (χ0n) is 13.0. The molecular formula is C17H19Cl2O3P. The lowest BCUT2D eigenvalue weighted by molar-refractivity contribution is 0.265. The second kappa shape index (κ2) is 8.86. The average molecular weight is 373 g/mol. The van der Waals surface area contributed by atoms with E-state index in [0.717, 1.165) is 11.1 Å². The fourth-order valence-electron chi connectivity index (χ4n) is 2.22. The highest BCUT2D eigenvalue weighted by atomic mass is 35.5. The number of phenolic OH excluding ortho intramolecular Hbond substituents is 1. The summed E-state index contributed by atoms with van der Waals surface area (Å²) in [5, 5.41) is 10.5. The number of hydrogen-bond acceptors (Lipinski definition) is 3. The van der Waals surface area contributed by atoms with Gasteiger partial charge in [-0.25, -0.2) is 0 Å². The van der Waals surface area contributed by atoms with Gasteiger partial charge in [0, 0.05) is 0 Å². The summed E-state index contributed by atoms with van der Waals surface area (Å²) < 4.78 is 11.7. The van der Waals surface area contributed by atoms with E-state index in [2.05, 4.69) is 0 Å². The maximum Gasteiger partial charge on any atom is 0.183 e. The van der Waals surface area contributed by atoms with Crippen LogP contribution >= 0.6 is 31.6 Å². The zero-order chi connectivity index (χ0) is 16.8. The number of rotatable bonds is 7. The maximum atomic E-state index is 9.54. The maximum absolute atomic E-state index is 9.54. The molecule has 2 aromatic carbocycles. The Balaban J connectivity index is 2.48. The third-order valence-corrected chi connectivity index (χ3v) is 5.97. The van der Waals surface area contributed by atoms with Crippen LogP contribution in [0.25, 0.3) is 0 Å². The molecule has 6 heteroatoms. The molecule has 0 radical (unpaired) electrons. The highest BCUT2D eigenvalue weighted by molar-refractivity contribution is 7.48. The molecular weight excluding hydrogens is 354 g/mol. The monoisotopic (exact) mass is 372 g/mol. The predicted octanol–water partition coefficient (Wildman–Crippen LogP) is 6.17. The SMILES string of the molecule is CCOP(OCC)C(c1ccc(O)cc1)c1ccc(Cl)c(Cl)c1. The molecule has 1 N–H and O–H groups in total. The van der Waals surface area contributed by atoms with Gasteiger partial charge in [0.15, 0.2) is 8.38 Å². The molecule has 0 aromatic heterocycles. The Labute approximate surface area is 148 Å². The van der Waals surface area contributed by atoms with Crippen molar-refractivity contribution in [2.75, 3.05) is 13.2 Å². The van der Waals surface area contributed by atoms with Gasteiger partial charge in [0.25, 0.3) is 0 Å². The second-order valence-electron chi connectivity index (χ2n) is 4.79. The Morgan fingerprint density at radius 2 is 1.48 bits per heavy atom. The van der Waals surface area contributed by atoms with Gasteiger partial charge >= 0.3 is 0 Å². The van der Waals surface area contributed by atoms with Crippen molar-refractivity contribution < 1.29 is 14.2 Å². The van der Waals surface area contributed by atoms with E-state index in [9.17, 15) is 5.11 Å². The van der Waals surface area contributed by atoms with Crippen molar-refractivity contribution >= 4 is 31.6 Å². The van der Waals surface area contributed by atoms with Crippen LogP contribution in [0.3, 0.4) is 0 Å². The molecule has 0 fully saturated rings. The largest absolute Gasteiger partial charge is 0.508 e. The van der Waals surface area contributed by atoms with Crippen molar-refractivity contribution in [1.82, 2.24) is 0 Å². The molecule has 23 heavy (non-hydrogen) atoms. The van der Waals surface area contributed by atoms with E-state index in [4.69, 9.17) is 32.2 Å². The van der Waals surface area contributed by atoms with E-state index in [1.165, 1.54) is 0 Å². The number of hydrogen-bond donors (Lipinski definition) is 1. The third-order valence-electron chi connectivity index (χ3n) is 3.19. The van der Waals surface area contributed by atoms with Crippen molar-refractivity contribution in [2.24, 2.45) is 0 Å². The van der Waals surface area contributed by atoms with Crippen LogP contribution in [0.1, 0.15) is 30.6 Å². The van der Waals surface area contributed by atoms with Crippen molar-refractivity contribution in [3.63, 3.8) is 0 Å². The van der Waals surface area contributed by atoms with Gasteiger partial charge in [-0.05, 0) is 49.2 Å². The lowest BCUT2D eigenvalue weighted by atomic mass is 10.0. The summed E-state index contributed by atoms with van der Waals surface area (Å²) in [6.45, 7) is 5.00. The number of phenols is 1. The molecule has 124 valence electrons. The highest BCUT2D eigenvalue weighted by Crippen LogP contribution is 2.56. The number of halogens is 2. The number of aromatic hydroxyl groups is 1. The van der Waals surface area contributed by atoms with Crippen molar-refractivity contribution in [3.8, 4) is 5.75 Å². The first kappa shape index (κ1) is 18.5. The topological polar surface area (TPSA) is 38.7 Å². The van der Waals surface area contributed by atoms with Crippen LogP contribution in [0.4, 0.5) is 0 Å². The van der Waals surface area contributed by atoms with E-state index in [1.54, 1.807) is 18.2 Å². The molecule has 0 heterocycles. The third kappa shape index (κ3) is 4.82. The summed E-state index contributed by atoms with van der Waals surface area (Å²) >= 11 is 12.2. The highest BCUT2D eigenvalue weighted by Gasteiger charge is 2.28. The van der Waals surface area contributed by atoms with Gasteiger partial charge in [0.2, 0.25) is 0 Å². The Hall–Kier alpha value is -0.830. The molecule has 1 atom stereocenters. The zero-order valence-corrected chi connectivity index (χ0v) is 15.4. The molecule has 0 aliphatic heterocycles. The fraction of sp³-hybridized carbons (Fsp3) is 0.294. The van der Waals surface area contributed by atoms with Gasteiger partial charge < -0.3 is 14.2 Å². The molecule has 0 aliphatic carbocycles. The lowest BCUT2D eigenvalue weighted by Gasteiger charge is -2.26. The van der Waals surface area contributed by atoms with Crippen LogP contribution < -0.4 is 0 Å². The first-order valence-electron chi connectivity index (χ1n) is 7.35. The van der Waals surface area contributed by atoms with Gasteiger partial charge in [0.1, 0.15) is 5.75 Å². The molecule has 2 aromatic rings. The van der Waals surface area contributed by atoms with Crippen LogP contribution in [-0.4, -0.2) is 18.3 Å². The molecule has 2 rings (SSSR count). The lowest BCUT2D eigenvalue weighted by Crippen LogP contribution is -2.05. The normalized spacial score (nSPS) is 12.6. The molecule has 0 saturated heterocycles. The molecule has 0 aliphatic rings. The van der Waals surface area contributed by atoms with Crippen LogP contribution in [0.5, 0.6) is 5.75 Å². The summed E-state index contributed by atoms with van der Waals surface area (Å²) in [5.41, 5.74) is 1.85. The van der Waals surface area contributed by atoms with Crippen molar-refractivity contribution in [2.45, 2.75) is 19.5 Å². The van der Waals surface area contributed by atoms with Crippen LogP contribution in [0.15, 0.2) is 42.5 Å². The van der Waals surface area contributed by atoms with Crippen LogP contribution in [-0.2, 0) is 9.05 Å². The molecule has 0 bridgehead atoms. The van der Waals surface area contributed by atoms with Crippen molar-refractivity contribution in [1.29, 1.82) is 0 Å². The van der Waals surface area contributed by atoms with Gasteiger partial charge in [-0.3, -0.25) is 0 Å². The van der Waals surface area contributed by atoms with E-state index < -0.39 is 8.38 Å². The van der Waals surface area contributed by atoms with E-state index in [1.807, 2.05) is 38.1 Å². The Bertz CT molecular complexity index is 628. The summed E-state index contributed by atoms with van der Waals surface area (Å²) in [6.07, 6.45) is 0. The van der Waals surface area contributed by atoms with Gasteiger partial charge in [0.05, 0.1) is 28.9 Å². The van der Waals surface area contributed by atoms with Crippen LogP contribution in [0.2, 0.25) is 10.0 Å². The minimum atomic E-state index is -1.19. The van der Waals surface area contributed by atoms with Gasteiger partial charge in [-0.2, -0.15) is 0 Å². The Kier molecular flexibility index (Phi) is 7.13. The van der Waals surface area contributed by atoms with E-state index >= 15 is 0 Å². The van der Waals surface area contributed by atoms with Crippen LogP contribution in [0, 0.1) is 0 Å². The van der Waals surface area contributed by atoms with Gasteiger partial charge in [-0.15, -0.1) is 0 Å². The molecule has 1 unspecified atom stereocenters. The summed E-state index contributed by atoms with van der Waals surface area (Å²) in [6, 6.07) is 12.6. The predicted molar refractivity (Wildman–Crippen MR) is 96.6 cm³/mol. The first-order chi connectivity index (χ1) is 11.1. The standard InChI is InChI=1S/C17H19Cl2O3P/c1-3-21-23(22-4-2)17(12-5-8-14(20)9-6-12)13-7-10-15(18)16(19)11-13/h5-11,17,20H,3-4H2,1-2H3. The van der Waals surface area contributed by atoms with Crippen molar-refractivity contribution in [3.05, 3.63) is 63.6 Å². The minimum absolute atomic E-state index is 0.111. The summed E-state index contributed by atoms with van der Waals surface area (Å²) in [4.78, 5) is 0. The molecule has 0 amide bonds. The second-order valence-corrected chi connectivity index (χ2v) is 7.21. The van der Waals surface area contributed by atoms with E-state index in [-0.39, 0.29) is 11.4 Å². The van der Waals surface area contributed by atoms with E-state index in [0.29, 0.717) is 23.3 Å². The minimum Gasteiger partial charge on any atom is -0.508 e. The molecule has 0 spiro atoms. The fourth-order valence-corrected chi connectivity index (χ4v) is 4.22. The summed E-state index contributed by atoms with van der Waals surface area (Å²) in [7, 11) is -1.19. The number of benzene rings is 2. The van der Waals surface area contributed by atoms with Gasteiger partial charge in [-0.1, -0.05) is 41.4 Å². The molecule has 0 saturated carbocycles. The first-order valence-corrected chi connectivity index (χ1v) is 9.36. The molecule has 3 nitrogen and oxygen atoms in total.